The maximum absolute atomic E-state index is 12.2. The lowest BCUT2D eigenvalue weighted by Gasteiger charge is -2.22. The number of nitro groups is 1. The van der Waals surface area contributed by atoms with Gasteiger partial charge in [0, 0.05) is 18.3 Å². The van der Waals surface area contributed by atoms with Crippen LogP contribution in [0.3, 0.4) is 0 Å². The zero-order valence-electron chi connectivity index (χ0n) is 11.7. The van der Waals surface area contributed by atoms with Crippen molar-refractivity contribution in [2.45, 2.75) is 32.1 Å². The van der Waals surface area contributed by atoms with Crippen LogP contribution < -0.4 is 10.5 Å². The van der Waals surface area contributed by atoms with Crippen LogP contribution >= 0.6 is 0 Å². The summed E-state index contributed by atoms with van der Waals surface area (Å²) in [5.41, 5.74) is 4.85. The Morgan fingerprint density at radius 1 is 1.40 bits per heavy atom. The molecule has 0 unspecified atom stereocenters. The molecule has 112 valence electrons. The largest absolute Gasteiger partial charge is 0.399 e. The van der Waals surface area contributed by atoms with Crippen LogP contribution in [0, 0.1) is 15.5 Å². The van der Waals surface area contributed by atoms with Crippen LogP contribution in [0.25, 0.3) is 0 Å². The predicted molar refractivity (Wildman–Crippen MR) is 76.8 cm³/mol. The highest BCUT2D eigenvalue weighted by Crippen LogP contribution is 2.27. The van der Waals surface area contributed by atoms with Crippen molar-refractivity contribution in [1.29, 1.82) is 0 Å². The van der Waals surface area contributed by atoms with Crippen LogP contribution in [0.1, 0.15) is 27.2 Å². The first kappa shape index (κ1) is 16.4. The van der Waals surface area contributed by atoms with Gasteiger partial charge in [0.05, 0.1) is 4.92 Å². The van der Waals surface area contributed by atoms with Crippen LogP contribution in [0.4, 0.5) is 11.4 Å². The first-order valence-corrected chi connectivity index (χ1v) is 7.61. The molecule has 8 heteroatoms. The number of nitro benzene ring substituents is 1. The van der Waals surface area contributed by atoms with Crippen molar-refractivity contribution in [1.82, 2.24) is 4.72 Å². The van der Waals surface area contributed by atoms with Crippen molar-refractivity contribution in [3.63, 3.8) is 0 Å². The first-order valence-electron chi connectivity index (χ1n) is 6.12. The van der Waals surface area contributed by atoms with Crippen LogP contribution in [0.2, 0.25) is 0 Å². The molecule has 0 bridgehead atoms. The van der Waals surface area contributed by atoms with Crippen molar-refractivity contribution in [3.05, 3.63) is 28.3 Å². The lowest BCUT2D eigenvalue weighted by molar-refractivity contribution is -0.387. The van der Waals surface area contributed by atoms with Gasteiger partial charge >= 0.3 is 0 Å². The summed E-state index contributed by atoms with van der Waals surface area (Å²) in [6.07, 6.45) is 0.777. The summed E-state index contributed by atoms with van der Waals surface area (Å²) in [4.78, 5) is 9.81. The van der Waals surface area contributed by atoms with Crippen molar-refractivity contribution in [2.75, 3.05) is 12.3 Å². The molecule has 0 heterocycles. The second-order valence-corrected chi connectivity index (χ2v) is 7.06. The highest BCUT2D eigenvalue weighted by molar-refractivity contribution is 7.89. The molecule has 0 aromatic heterocycles. The number of nitrogens with zero attached hydrogens (tertiary/aromatic N) is 1. The van der Waals surface area contributed by atoms with Crippen LogP contribution in [-0.4, -0.2) is 19.9 Å². The highest BCUT2D eigenvalue weighted by Gasteiger charge is 2.27. The van der Waals surface area contributed by atoms with E-state index in [1.54, 1.807) is 0 Å². The Kier molecular flexibility index (Phi) is 4.72. The van der Waals surface area contributed by atoms with Gasteiger partial charge in [-0.1, -0.05) is 20.8 Å². The van der Waals surface area contributed by atoms with Crippen molar-refractivity contribution in [3.8, 4) is 0 Å². The van der Waals surface area contributed by atoms with Crippen LogP contribution in [-0.2, 0) is 10.0 Å². The molecular weight excluding hydrogens is 282 g/mol. The molecule has 0 saturated heterocycles. The molecule has 20 heavy (non-hydrogen) atoms. The quantitative estimate of drug-likeness (QED) is 0.473. The number of benzene rings is 1. The third-order valence-corrected chi connectivity index (χ3v) is 4.62. The first-order chi connectivity index (χ1) is 9.09. The number of hydrogen-bond acceptors (Lipinski definition) is 5. The minimum Gasteiger partial charge on any atom is -0.399 e. The molecule has 0 radical (unpaired) electrons. The highest BCUT2D eigenvalue weighted by atomic mass is 32.2. The zero-order valence-corrected chi connectivity index (χ0v) is 12.5. The predicted octanol–water partition coefficient (Wildman–Crippen LogP) is 1.89. The fourth-order valence-corrected chi connectivity index (χ4v) is 2.79. The summed E-state index contributed by atoms with van der Waals surface area (Å²) in [5.74, 6) is 0. The number of rotatable bonds is 6. The third-order valence-electron chi connectivity index (χ3n) is 3.17. The summed E-state index contributed by atoms with van der Waals surface area (Å²) < 4.78 is 26.8. The van der Waals surface area contributed by atoms with Gasteiger partial charge in [-0.2, -0.15) is 0 Å². The van der Waals surface area contributed by atoms with Gasteiger partial charge in [-0.3, -0.25) is 10.1 Å². The van der Waals surface area contributed by atoms with E-state index in [4.69, 9.17) is 5.73 Å². The Labute approximate surface area is 118 Å². The van der Waals surface area contributed by atoms with Crippen LogP contribution in [0.5, 0.6) is 0 Å². The summed E-state index contributed by atoms with van der Waals surface area (Å²) in [6, 6.07) is 3.51. The summed E-state index contributed by atoms with van der Waals surface area (Å²) in [7, 11) is -3.94. The lowest BCUT2D eigenvalue weighted by Crippen LogP contribution is -2.33. The van der Waals surface area contributed by atoms with Gasteiger partial charge in [0.2, 0.25) is 10.0 Å². The van der Waals surface area contributed by atoms with Gasteiger partial charge in [-0.15, -0.1) is 0 Å². The molecule has 0 aliphatic rings. The Balaban J connectivity index is 3.13. The SMILES string of the molecule is CCC(C)(C)CNS(=O)(=O)c1ccc(N)cc1[N+](=O)[O-]. The Morgan fingerprint density at radius 2 is 2.00 bits per heavy atom. The van der Waals surface area contributed by atoms with E-state index >= 15 is 0 Å². The minimum absolute atomic E-state index is 0.143. The molecule has 0 aliphatic carbocycles. The minimum atomic E-state index is -3.94. The van der Waals surface area contributed by atoms with E-state index in [9.17, 15) is 18.5 Å². The Bertz CT molecular complexity index is 611. The van der Waals surface area contributed by atoms with Gasteiger partial charge in [0.25, 0.3) is 5.69 Å². The molecule has 1 aromatic carbocycles. The Hall–Kier alpha value is -1.67. The van der Waals surface area contributed by atoms with E-state index in [2.05, 4.69) is 4.72 Å². The van der Waals surface area contributed by atoms with Crippen molar-refractivity contribution >= 4 is 21.4 Å². The van der Waals surface area contributed by atoms with Crippen LogP contribution in [0.15, 0.2) is 23.1 Å². The summed E-state index contributed by atoms with van der Waals surface area (Å²) in [5, 5.41) is 10.9. The molecule has 0 atom stereocenters. The molecule has 0 saturated carbocycles. The number of hydrogen-bond donors (Lipinski definition) is 2. The number of nitrogens with two attached hydrogens (primary N) is 1. The standard InChI is InChI=1S/C12H19N3O4S/c1-4-12(2,3)8-14-20(18,19)11-6-5-9(13)7-10(11)15(16)17/h5-7,14H,4,8,13H2,1-3H3. The average Bonchev–Trinajstić information content (AvgIpc) is 2.36. The smallest absolute Gasteiger partial charge is 0.291 e. The van der Waals surface area contributed by atoms with E-state index < -0.39 is 20.6 Å². The fraction of sp³-hybridized carbons (Fsp3) is 0.500. The third kappa shape index (κ3) is 3.91. The fourth-order valence-electron chi connectivity index (χ4n) is 1.40. The summed E-state index contributed by atoms with van der Waals surface area (Å²) >= 11 is 0. The molecule has 0 aliphatic heterocycles. The summed E-state index contributed by atoms with van der Waals surface area (Å²) in [6.45, 7) is 5.97. The number of anilines is 1. The second kappa shape index (κ2) is 5.76. The normalized spacial score (nSPS) is 12.3. The molecule has 7 nitrogen and oxygen atoms in total. The van der Waals surface area contributed by atoms with E-state index in [1.807, 2.05) is 20.8 Å². The van der Waals surface area contributed by atoms with Gasteiger partial charge in [-0.25, -0.2) is 13.1 Å². The molecule has 1 aromatic rings. The molecule has 0 fully saturated rings. The molecule has 3 N–H and O–H groups in total. The Morgan fingerprint density at radius 3 is 2.50 bits per heavy atom. The molecular formula is C12H19N3O4S. The van der Waals surface area contributed by atoms with E-state index in [-0.39, 0.29) is 22.5 Å². The maximum atomic E-state index is 12.2. The molecule has 0 amide bonds. The number of nitrogens with one attached hydrogen (secondary N) is 1. The molecule has 0 spiro atoms. The van der Waals surface area contributed by atoms with Gasteiger partial charge < -0.3 is 5.73 Å². The monoisotopic (exact) mass is 301 g/mol. The van der Waals surface area contributed by atoms with Gasteiger partial charge in [0.1, 0.15) is 0 Å². The van der Waals surface area contributed by atoms with E-state index in [1.165, 1.54) is 6.07 Å². The van der Waals surface area contributed by atoms with Crippen molar-refractivity contribution < 1.29 is 13.3 Å². The maximum Gasteiger partial charge on any atom is 0.291 e. The second-order valence-electron chi connectivity index (χ2n) is 5.33. The van der Waals surface area contributed by atoms with Gasteiger partial charge in [0.15, 0.2) is 4.90 Å². The average molecular weight is 301 g/mol. The van der Waals surface area contributed by atoms with E-state index in [0.29, 0.717) is 0 Å². The topological polar surface area (TPSA) is 115 Å². The molecule has 1 rings (SSSR count). The van der Waals surface area contributed by atoms with Gasteiger partial charge in [-0.05, 0) is 24.0 Å². The lowest BCUT2D eigenvalue weighted by atomic mass is 9.91. The van der Waals surface area contributed by atoms with E-state index in [0.717, 1.165) is 18.6 Å². The number of nitrogen functional groups attached to an aromatic ring is 1. The zero-order chi connectivity index (χ0) is 15.6. The van der Waals surface area contributed by atoms with Crippen molar-refractivity contribution in [2.24, 2.45) is 5.41 Å². The number of sulfonamides is 1.